The number of carbonyl (C=O) groups is 1. The zero-order valence-electron chi connectivity index (χ0n) is 7.36. The van der Waals surface area contributed by atoms with E-state index in [1.54, 1.807) is 4.90 Å². The van der Waals surface area contributed by atoms with Crippen molar-refractivity contribution in [2.75, 3.05) is 13.1 Å². The van der Waals surface area contributed by atoms with Gasteiger partial charge in [-0.25, -0.2) is 0 Å². The molecule has 0 amide bonds. The summed E-state index contributed by atoms with van der Waals surface area (Å²) in [6.45, 7) is 0.341. The van der Waals surface area contributed by atoms with E-state index in [4.69, 9.17) is 10.5 Å². The lowest BCUT2D eigenvalue weighted by molar-refractivity contribution is -0.121. The van der Waals surface area contributed by atoms with E-state index in [0.717, 1.165) is 12.8 Å². The molecular weight excluding hydrogens is 166 g/mol. The van der Waals surface area contributed by atoms with Crippen LogP contribution in [-0.2, 0) is 4.79 Å². The van der Waals surface area contributed by atoms with E-state index in [-0.39, 0.29) is 24.9 Å². The topological polar surface area (TPSA) is 67.9 Å². The Kier molecular flexibility index (Phi) is 3.42. The van der Waals surface area contributed by atoms with E-state index in [1.165, 1.54) is 0 Å². The van der Waals surface area contributed by atoms with Gasteiger partial charge in [0.2, 0.25) is 0 Å². The highest BCUT2D eigenvalue weighted by molar-refractivity contribution is 5.85. The fraction of sp³-hybridized carbons (Fsp3) is 0.667. The monoisotopic (exact) mass is 177 g/mol. The summed E-state index contributed by atoms with van der Waals surface area (Å²) in [4.78, 5) is 13.0. The molecule has 1 atom stereocenters. The predicted octanol–water partition coefficient (Wildman–Crippen LogP) is 0.457. The van der Waals surface area contributed by atoms with Gasteiger partial charge in [-0.2, -0.15) is 10.5 Å². The standard InChI is InChI=1S/C9H11N3O/c10-4-6-12(7-5-11)8-2-1-3-9(8)13/h8H,1-3,6-7H2. The second-order valence-electron chi connectivity index (χ2n) is 3.10. The van der Waals surface area contributed by atoms with Crippen LogP contribution >= 0.6 is 0 Å². The number of rotatable bonds is 3. The third-order valence-electron chi connectivity index (χ3n) is 2.26. The van der Waals surface area contributed by atoms with Gasteiger partial charge in [-0.15, -0.1) is 0 Å². The van der Waals surface area contributed by atoms with Crippen molar-refractivity contribution in [1.82, 2.24) is 4.90 Å². The normalized spacial score (nSPS) is 21.5. The highest BCUT2D eigenvalue weighted by atomic mass is 16.1. The van der Waals surface area contributed by atoms with Gasteiger partial charge >= 0.3 is 0 Å². The van der Waals surface area contributed by atoms with Gasteiger partial charge in [0.25, 0.3) is 0 Å². The Bertz CT molecular complexity index is 258. The molecule has 1 aliphatic carbocycles. The van der Waals surface area contributed by atoms with Crippen molar-refractivity contribution in [3.05, 3.63) is 0 Å². The maximum atomic E-state index is 11.3. The third-order valence-corrected chi connectivity index (χ3v) is 2.26. The number of hydrogen-bond donors (Lipinski definition) is 0. The second-order valence-corrected chi connectivity index (χ2v) is 3.10. The molecular formula is C9H11N3O. The van der Waals surface area contributed by atoms with Crippen LogP contribution in [0.3, 0.4) is 0 Å². The molecule has 1 saturated carbocycles. The van der Waals surface area contributed by atoms with Crippen LogP contribution in [0.25, 0.3) is 0 Å². The van der Waals surface area contributed by atoms with Gasteiger partial charge in [0.15, 0.2) is 0 Å². The van der Waals surface area contributed by atoms with Gasteiger partial charge in [0, 0.05) is 6.42 Å². The summed E-state index contributed by atoms with van der Waals surface area (Å²) in [7, 11) is 0. The lowest BCUT2D eigenvalue weighted by Gasteiger charge is -2.21. The molecule has 1 rings (SSSR count). The number of nitrogens with zero attached hydrogens (tertiary/aromatic N) is 3. The van der Waals surface area contributed by atoms with Crippen LogP contribution in [-0.4, -0.2) is 29.8 Å². The van der Waals surface area contributed by atoms with Gasteiger partial charge in [-0.3, -0.25) is 9.69 Å². The molecule has 0 aromatic heterocycles. The molecule has 0 spiro atoms. The molecule has 0 radical (unpaired) electrons. The molecule has 4 nitrogen and oxygen atoms in total. The highest BCUT2D eigenvalue weighted by Gasteiger charge is 2.29. The summed E-state index contributed by atoms with van der Waals surface area (Å²) in [5, 5.41) is 17.0. The van der Waals surface area contributed by atoms with E-state index < -0.39 is 0 Å². The molecule has 0 aromatic carbocycles. The van der Waals surface area contributed by atoms with Crippen molar-refractivity contribution < 1.29 is 4.79 Å². The molecule has 0 aromatic rings. The summed E-state index contributed by atoms with van der Waals surface area (Å²) in [6.07, 6.45) is 2.27. The molecule has 1 unspecified atom stereocenters. The number of Topliss-reactive ketones (excluding diaryl/α,β-unsaturated/α-hetero) is 1. The van der Waals surface area contributed by atoms with Crippen LogP contribution < -0.4 is 0 Å². The van der Waals surface area contributed by atoms with Crippen molar-refractivity contribution in [2.45, 2.75) is 25.3 Å². The molecule has 0 bridgehead atoms. The minimum atomic E-state index is -0.181. The average Bonchev–Trinajstić information content (AvgIpc) is 2.51. The highest BCUT2D eigenvalue weighted by Crippen LogP contribution is 2.19. The van der Waals surface area contributed by atoms with E-state index in [1.807, 2.05) is 12.1 Å². The fourth-order valence-corrected chi connectivity index (χ4v) is 1.64. The number of carbonyl (C=O) groups excluding carboxylic acids is 1. The summed E-state index contributed by atoms with van der Waals surface area (Å²) in [5.74, 6) is 0.172. The smallest absolute Gasteiger partial charge is 0.150 e. The molecule has 1 aliphatic rings. The van der Waals surface area contributed by atoms with Crippen LogP contribution in [0.2, 0.25) is 0 Å². The van der Waals surface area contributed by atoms with E-state index in [2.05, 4.69) is 0 Å². The Morgan fingerprint density at radius 2 is 2.00 bits per heavy atom. The fourth-order valence-electron chi connectivity index (χ4n) is 1.64. The van der Waals surface area contributed by atoms with Gasteiger partial charge in [0.05, 0.1) is 31.3 Å². The zero-order chi connectivity index (χ0) is 9.68. The van der Waals surface area contributed by atoms with Gasteiger partial charge in [-0.1, -0.05) is 0 Å². The Morgan fingerprint density at radius 3 is 2.38 bits per heavy atom. The zero-order valence-corrected chi connectivity index (χ0v) is 7.36. The first-order valence-corrected chi connectivity index (χ1v) is 4.30. The summed E-state index contributed by atoms with van der Waals surface area (Å²) < 4.78 is 0. The summed E-state index contributed by atoms with van der Waals surface area (Å²) >= 11 is 0. The van der Waals surface area contributed by atoms with Gasteiger partial charge < -0.3 is 0 Å². The quantitative estimate of drug-likeness (QED) is 0.587. The molecule has 1 fully saturated rings. The maximum absolute atomic E-state index is 11.3. The van der Waals surface area contributed by atoms with Crippen LogP contribution in [0.1, 0.15) is 19.3 Å². The Labute approximate surface area is 77.4 Å². The molecule has 4 heteroatoms. The Balaban J connectivity index is 2.59. The van der Waals surface area contributed by atoms with E-state index in [9.17, 15) is 4.79 Å². The largest absolute Gasteiger partial charge is 0.298 e. The summed E-state index contributed by atoms with van der Waals surface area (Å²) in [5.41, 5.74) is 0. The summed E-state index contributed by atoms with van der Waals surface area (Å²) in [6, 6.07) is 3.76. The Morgan fingerprint density at radius 1 is 1.38 bits per heavy atom. The molecule has 13 heavy (non-hydrogen) atoms. The first-order valence-electron chi connectivity index (χ1n) is 4.30. The molecule has 0 N–H and O–H groups in total. The van der Waals surface area contributed by atoms with Crippen molar-refractivity contribution in [1.29, 1.82) is 10.5 Å². The molecule has 0 saturated heterocycles. The van der Waals surface area contributed by atoms with Crippen LogP contribution in [0.5, 0.6) is 0 Å². The lowest BCUT2D eigenvalue weighted by atomic mass is 10.2. The minimum absolute atomic E-state index is 0.171. The lowest BCUT2D eigenvalue weighted by Crippen LogP contribution is -2.38. The number of hydrogen-bond acceptors (Lipinski definition) is 4. The Hall–Kier alpha value is -1.39. The van der Waals surface area contributed by atoms with Crippen LogP contribution in [0.4, 0.5) is 0 Å². The van der Waals surface area contributed by atoms with Crippen molar-refractivity contribution in [3.8, 4) is 12.1 Å². The number of ketones is 1. The van der Waals surface area contributed by atoms with E-state index in [0.29, 0.717) is 6.42 Å². The van der Waals surface area contributed by atoms with Gasteiger partial charge in [-0.05, 0) is 12.8 Å². The van der Waals surface area contributed by atoms with Crippen LogP contribution in [0, 0.1) is 22.7 Å². The first kappa shape index (κ1) is 9.70. The second kappa shape index (κ2) is 4.59. The van der Waals surface area contributed by atoms with Gasteiger partial charge in [0.1, 0.15) is 5.78 Å². The maximum Gasteiger partial charge on any atom is 0.150 e. The van der Waals surface area contributed by atoms with Crippen molar-refractivity contribution in [2.24, 2.45) is 0 Å². The predicted molar refractivity (Wildman–Crippen MR) is 45.4 cm³/mol. The van der Waals surface area contributed by atoms with E-state index >= 15 is 0 Å². The van der Waals surface area contributed by atoms with Crippen molar-refractivity contribution in [3.63, 3.8) is 0 Å². The first-order chi connectivity index (χ1) is 6.29. The molecule has 0 heterocycles. The van der Waals surface area contributed by atoms with Crippen LogP contribution in [0.15, 0.2) is 0 Å². The third kappa shape index (κ3) is 2.27. The minimum Gasteiger partial charge on any atom is -0.298 e. The van der Waals surface area contributed by atoms with Crippen molar-refractivity contribution >= 4 is 5.78 Å². The number of nitriles is 2. The molecule has 0 aliphatic heterocycles. The molecule has 68 valence electrons. The SMILES string of the molecule is N#CCN(CC#N)C1CCCC1=O. The average molecular weight is 177 g/mol.